The molecule has 32 heavy (non-hydrogen) atoms. The van der Waals surface area contributed by atoms with Crippen molar-refractivity contribution in [1.29, 1.82) is 0 Å². The summed E-state index contributed by atoms with van der Waals surface area (Å²) < 4.78 is 16.8. The molecule has 1 saturated heterocycles. The number of benzene rings is 1. The molecule has 0 aliphatic carbocycles. The molecule has 0 radical (unpaired) electrons. The number of piperazine rings is 1. The zero-order valence-corrected chi connectivity index (χ0v) is 18.2. The van der Waals surface area contributed by atoms with Crippen LogP contribution < -0.4 is 10.3 Å². The molecule has 10 nitrogen and oxygen atoms in total. The van der Waals surface area contributed by atoms with E-state index in [4.69, 9.17) is 14.0 Å². The molecule has 3 aromatic rings. The second-order valence-electron chi connectivity index (χ2n) is 8.18. The Morgan fingerprint density at radius 3 is 2.75 bits per heavy atom. The van der Waals surface area contributed by atoms with Gasteiger partial charge >= 0.3 is 5.97 Å². The van der Waals surface area contributed by atoms with E-state index in [0.717, 1.165) is 51.5 Å². The van der Waals surface area contributed by atoms with Crippen molar-refractivity contribution in [2.45, 2.75) is 26.6 Å². The molecule has 4 heterocycles. The third-order valence-electron chi connectivity index (χ3n) is 6.09. The van der Waals surface area contributed by atoms with E-state index >= 15 is 0 Å². The van der Waals surface area contributed by atoms with Crippen LogP contribution in [0.1, 0.15) is 27.4 Å². The van der Waals surface area contributed by atoms with Gasteiger partial charge in [-0.15, -0.1) is 0 Å². The van der Waals surface area contributed by atoms with Gasteiger partial charge < -0.3 is 14.0 Å². The monoisotopic (exact) mass is 439 g/mol. The molecule has 5 rings (SSSR count). The van der Waals surface area contributed by atoms with Gasteiger partial charge in [-0.2, -0.15) is 5.10 Å². The Bertz CT molecular complexity index is 1230. The van der Waals surface area contributed by atoms with Crippen molar-refractivity contribution < 1.29 is 18.8 Å². The van der Waals surface area contributed by atoms with Crippen LogP contribution in [0.4, 0.5) is 0 Å². The lowest BCUT2D eigenvalue weighted by atomic mass is 10.1. The van der Waals surface area contributed by atoms with Crippen LogP contribution >= 0.6 is 0 Å². The second-order valence-corrected chi connectivity index (χ2v) is 8.18. The normalized spacial score (nSPS) is 16.8. The van der Waals surface area contributed by atoms with Crippen LogP contribution in [0, 0.1) is 6.92 Å². The highest BCUT2D eigenvalue weighted by Gasteiger charge is 2.25. The molecule has 2 aromatic heterocycles. The van der Waals surface area contributed by atoms with E-state index < -0.39 is 5.97 Å². The molecule has 2 aliphatic heterocycles. The zero-order valence-electron chi connectivity index (χ0n) is 18.2. The average molecular weight is 439 g/mol. The van der Waals surface area contributed by atoms with Crippen molar-refractivity contribution in [1.82, 2.24) is 24.7 Å². The zero-order chi connectivity index (χ0) is 22.2. The Balaban J connectivity index is 1.27. The molecule has 0 N–H and O–H groups in total. The van der Waals surface area contributed by atoms with E-state index in [0.29, 0.717) is 11.1 Å². The Labute approximate surface area is 184 Å². The molecular weight excluding hydrogens is 414 g/mol. The maximum atomic E-state index is 12.9. The van der Waals surface area contributed by atoms with Gasteiger partial charge in [-0.05, 0) is 24.1 Å². The van der Waals surface area contributed by atoms with Crippen LogP contribution in [-0.2, 0) is 24.4 Å². The van der Waals surface area contributed by atoms with Crippen LogP contribution in [0.3, 0.4) is 0 Å². The number of carbonyl (C=O) groups is 1. The first-order valence-electron chi connectivity index (χ1n) is 10.7. The van der Waals surface area contributed by atoms with Gasteiger partial charge in [0.25, 0.3) is 5.56 Å². The summed E-state index contributed by atoms with van der Waals surface area (Å²) in [4.78, 5) is 29.6. The van der Waals surface area contributed by atoms with E-state index in [9.17, 15) is 9.59 Å². The van der Waals surface area contributed by atoms with Crippen molar-refractivity contribution >= 4 is 16.9 Å². The van der Waals surface area contributed by atoms with Gasteiger partial charge in [-0.25, -0.2) is 9.48 Å². The van der Waals surface area contributed by atoms with Crippen LogP contribution in [0.2, 0.25) is 0 Å². The van der Waals surface area contributed by atoms with E-state index in [2.05, 4.69) is 38.3 Å². The van der Waals surface area contributed by atoms with Gasteiger partial charge in [-0.1, -0.05) is 17.3 Å². The summed E-state index contributed by atoms with van der Waals surface area (Å²) in [5.74, 6) is 0.741. The van der Waals surface area contributed by atoms with E-state index in [1.807, 2.05) is 0 Å². The Morgan fingerprint density at radius 1 is 1.19 bits per heavy atom. The summed E-state index contributed by atoms with van der Waals surface area (Å²) in [5.41, 5.74) is 2.33. The van der Waals surface area contributed by atoms with Crippen LogP contribution in [-0.4, -0.2) is 70.6 Å². The quantitative estimate of drug-likeness (QED) is 0.542. The lowest BCUT2D eigenvalue weighted by Crippen LogP contribution is -2.47. The van der Waals surface area contributed by atoms with Gasteiger partial charge in [0.05, 0.1) is 25.8 Å². The van der Waals surface area contributed by atoms with Crippen molar-refractivity contribution in [3.05, 3.63) is 51.1 Å². The fourth-order valence-electron chi connectivity index (χ4n) is 4.35. The maximum Gasteiger partial charge on any atom is 0.359 e. The smallest absolute Gasteiger partial charge is 0.359 e. The van der Waals surface area contributed by atoms with Gasteiger partial charge in [-0.3, -0.25) is 14.6 Å². The predicted octanol–water partition coefficient (Wildman–Crippen LogP) is 1.19. The van der Waals surface area contributed by atoms with Crippen LogP contribution in [0.25, 0.3) is 10.9 Å². The number of aryl methyl sites for hydroxylation is 1. The molecular formula is C22H25N5O5. The summed E-state index contributed by atoms with van der Waals surface area (Å²) in [6.07, 6.45) is 0.974. The highest BCUT2D eigenvalue weighted by Crippen LogP contribution is 2.26. The third kappa shape index (κ3) is 3.76. The highest BCUT2D eigenvalue weighted by molar-refractivity contribution is 6.01. The molecule has 10 heteroatoms. The Hall–Kier alpha value is -3.24. The molecule has 1 fully saturated rings. The number of aromatic nitrogens is 3. The molecule has 0 saturated carbocycles. The minimum atomic E-state index is -0.625. The number of rotatable bonds is 5. The van der Waals surface area contributed by atoms with E-state index in [1.165, 1.54) is 22.9 Å². The minimum Gasteiger partial charge on any atom is -0.493 e. The Kier molecular flexibility index (Phi) is 5.40. The highest BCUT2D eigenvalue weighted by atomic mass is 16.5. The van der Waals surface area contributed by atoms with Crippen molar-refractivity contribution in [2.24, 2.45) is 0 Å². The van der Waals surface area contributed by atoms with Crippen LogP contribution in [0.5, 0.6) is 5.75 Å². The molecule has 0 bridgehead atoms. The number of ether oxygens (including phenoxy) is 2. The Morgan fingerprint density at radius 2 is 1.97 bits per heavy atom. The second kappa shape index (κ2) is 8.36. The van der Waals surface area contributed by atoms with Gasteiger partial charge in [0.15, 0.2) is 11.2 Å². The first-order valence-corrected chi connectivity index (χ1v) is 10.7. The number of nitrogens with zero attached hydrogens (tertiary/aromatic N) is 5. The van der Waals surface area contributed by atoms with Gasteiger partial charge in [0.2, 0.25) is 0 Å². The van der Waals surface area contributed by atoms with Gasteiger partial charge in [0.1, 0.15) is 11.5 Å². The molecule has 1 aromatic carbocycles. The number of methoxy groups -OCH3 is 1. The number of esters is 1. The number of carbonyl (C=O) groups excluding carboxylic acids is 1. The van der Waals surface area contributed by atoms with Gasteiger partial charge in [0, 0.05) is 39.1 Å². The fourth-order valence-corrected chi connectivity index (χ4v) is 4.35. The minimum absolute atomic E-state index is 0.0417. The summed E-state index contributed by atoms with van der Waals surface area (Å²) in [6.45, 7) is 6.87. The first-order chi connectivity index (χ1) is 15.5. The molecule has 0 atom stereocenters. The topological polar surface area (TPSA) is 103 Å². The molecule has 0 unspecified atom stereocenters. The summed E-state index contributed by atoms with van der Waals surface area (Å²) >= 11 is 0. The number of fused-ring (bicyclic) bond motifs is 2. The predicted molar refractivity (Wildman–Crippen MR) is 115 cm³/mol. The summed E-state index contributed by atoms with van der Waals surface area (Å²) in [7, 11) is 1.28. The fraction of sp³-hybridized carbons (Fsp3) is 0.455. The molecule has 0 amide bonds. The standard InChI is InChI=1S/C22H25N5O5/c1-14-18-19(24-32-14)21(28)27(23-20(18)22(29)30-2)13-26-8-6-25(7-9-26)12-15-3-4-17-16(11-15)5-10-31-17/h3-4,11H,5-10,12-13H2,1-2H3. The van der Waals surface area contributed by atoms with E-state index in [-0.39, 0.29) is 23.4 Å². The molecule has 168 valence electrons. The summed E-state index contributed by atoms with van der Waals surface area (Å²) in [6, 6.07) is 6.43. The number of hydrogen-bond acceptors (Lipinski definition) is 9. The SMILES string of the molecule is COC(=O)c1nn(CN2CCN(Cc3ccc4c(c3)CCO4)CC2)c(=O)c2noc(C)c12. The average Bonchev–Trinajstić information content (AvgIpc) is 3.43. The van der Waals surface area contributed by atoms with Crippen molar-refractivity contribution in [2.75, 3.05) is 39.9 Å². The third-order valence-corrected chi connectivity index (χ3v) is 6.09. The molecule has 2 aliphatic rings. The molecule has 0 spiro atoms. The first kappa shape index (κ1) is 20.7. The van der Waals surface area contributed by atoms with Crippen molar-refractivity contribution in [3.63, 3.8) is 0 Å². The van der Waals surface area contributed by atoms with Crippen molar-refractivity contribution in [3.8, 4) is 5.75 Å². The number of hydrogen-bond donors (Lipinski definition) is 0. The lowest BCUT2D eigenvalue weighted by Gasteiger charge is -2.34. The largest absolute Gasteiger partial charge is 0.493 e. The maximum absolute atomic E-state index is 12.9. The van der Waals surface area contributed by atoms with E-state index in [1.54, 1.807) is 6.92 Å². The van der Waals surface area contributed by atoms with Crippen LogP contribution in [0.15, 0.2) is 27.5 Å². The lowest BCUT2D eigenvalue weighted by molar-refractivity contribution is 0.0588. The summed E-state index contributed by atoms with van der Waals surface area (Å²) in [5, 5.41) is 8.43.